The van der Waals surface area contributed by atoms with Gasteiger partial charge in [-0.25, -0.2) is 13.2 Å². The van der Waals surface area contributed by atoms with Crippen LogP contribution < -0.4 is 10.1 Å². The van der Waals surface area contributed by atoms with E-state index in [1.54, 1.807) is 29.2 Å². The monoisotopic (exact) mass is 326 g/mol. The minimum Gasteiger partial charge on any atom is -0.494 e. The van der Waals surface area contributed by atoms with Crippen molar-refractivity contribution >= 4 is 21.6 Å². The van der Waals surface area contributed by atoms with E-state index >= 15 is 0 Å². The number of amides is 2. The van der Waals surface area contributed by atoms with E-state index < -0.39 is 9.84 Å². The molecule has 2 rings (SSSR count). The van der Waals surface area contributed by atoms with Gasteiger partial charge in [-0.2, -0.15) is 0 Å². The number of anilines is 1. The highest BCUT2D eigenvalue weighted by Crippen LogP contribution is 2.19. The van der Waals surface area contributed by atoms with Crippen LogP contribution in [0.5, 0.6) is 5.75 Å². The van der Waals surface area contributed by atoms with E-state index in [0.29, 0.717) is 38.2 Å². The molecule has 1 saturated heterocycles. The number of hydrogen-bond acceptors (Lipinski definition) is 4. The fourth-order valence-corrected chi connectivity index (χ4v) is 3.56. The lowest BCUT2D eigenvalue weighted by atomic mass is 10.1. The van der Waals surface area contributed by atoms with Crippen molar-refractivity contribution in [1.29, 1.82) is 0 Å². The summed E-state index contributed by atoms with van der Waals surface area (Å²) in [6, 6.07) is 6.97. The lowest BCUT2D eigenvalue weighted by molar-refractivity contribution is 0.200. The predicted molar refractivity (Wildman–Crippen MR) is 86.1 cm³/mol. The van der Waals surface area contributed by atoms with Crippen molar-refractivity contribution in [2.75, 3.05) is 31.3 Å². The highest BCUT2D eigenvalue weighted by atomic mass is 32.2. The van der Waals surface area contributed by atoms with Gasteiger partial charge < -0.3 is 15.0 Å². The average Bonchev–Trinajstić information content (AvgIpc) is 2.49. The summed E-state index contributed by atoms with van der Waals surface area (Å²) in [4.78, 5) is 13.8. The van der Waals surface area contributed by atoms with Gasteiger partial charge in [-0.05, 0) is 44.0 Å². The molecule has 0 bridgehead atoms. The van der Waals surface area contributed by atoms with Crippen LogP contribution in [0, 0.1) is 0 Å². The lowest BCUT2D eigenvalue weighted by Crippen LogP contribution is -2.44. The molecule has 6 nitrogen and oxygen atoms in total. The molecule has 1 aliphatic rings. The first-order valence-electron chi connectivity index (χ1n) is 7.38. The Hall–Kier alpha value is -1.76. The zero-order valence-electron chi connectivity index (χ0n) is 12.9. The van der Waals surface area contributed by atoms with Crippen LogP contribution in [0.2, 0.25) is 0 Å². The van der Waals surface area contributed by atoms with Gasteiger partial charge in [0, 0.05) is 25.0 Å². The molecule has 1 fully saturated rings. The molecular weight excluding hydrogens is 304 g/mol. The molecule has 0 radical (unpaired) electrons. The summed E-state index contributed by atoms with van der Waals surface area (Å²) < 4.78 is 28.4. The molecule has 2 amide bonds. The Kier molecular flexibility index (Phi) is 5.28. The van der Waals surface area contributed by atoms with Gasteiger partial charge in [-0.3, -0.25) is 0 Å². The van der Waals surface area contributed by atoms with E-state index in [-0.39, 0.29) is 11.3 Å². The van der Waals surface area contributed by atoms with Crippen LogP contribution in [-0.4, -0.2) is 50.6 Å². The van der Waals surface area contributed by atoms with E-state index in [1.165, 1.54) is 6.26 Å². The number of piperidine rings is 1. The minimum atomic E-state index is -3.02. The summed E-state index contributed by atoms with van der Waals surface area (Å²) in [5, 5.41) is 2.49. The van der Waals surface area contributed by atoms with Gasteiger partial charge in [0.05, 0.1) is 11.9 Å². The minimum absolute atomic E-state index is 0.198. The van der Waals surface area contributed by atoms with Crippen LogP contribution in [0.3, 0.4) is 0 Å². The fourth-order valence-electron chi connectivity index (χ4n) is 2.49. The molecule has 1 aliphatic heterocycles. The molecule has 0 spiro atoms. The normalized spacial score (nSPS) is 16.4. The smallest absolute Gasteiger partial charge is 0.321 e. The second kappa shape index (κ2) is 7.00. The maximum absolute atomic E-state index is 12.2. The molecule has 1 aromatic rings. The Balaban J connectivity index is 1.88. The molecule has 122 valence electrons. The summed E-state index contributed by atoms with van der Waals surface area (Å²) in [5.74, 6) is 0.759. The second-order valence-corrected chi connectivity index (χ2v) is 7.73. The van der Waals surface area contributed by atoms with Gasteiger partial charge >= 0.3 is 6.03 Å². The number of carbonyl (C=O) groups is 1. The molecule has 22 heavy (non-hydrogen) atoms. The van der Waals surface area contributed by atoms with Crippen molar-refractivity contribution in [1.82, 2.24) is 4.90 Å². The molecule has 0 aromatic heterocycles. The first-order chi connectivity index (χ1) is 10.4. The molecule has 1 aromatic carbocycles. The maximum Gasteiger partial charge on any atom is 0.321 e. The highest BCUT2D eigenvalue weighted by Gasteiger charge is 2.28. The van der Waals surface area contributed by atoms with Crippen molar-refractivity contribution in [3.8, 4) is 5.75 Å². The van der Waals surface area contributed by atoms with E-state index in [9.17, 15) is 13.2 Å². The van der Waals surface area contributed by atoms with E-state index in [4.69, 9.17) is 4.74 Å². The third kappa shape index (κ3) is 4.37. The Morgan fingerprint density at radius 3 is 2.36 bits per heavy atom. The van der Waals surface area contributed by atoms with Crippen LogP contribution >= 0.6 is 0 Å². The molecule has 0 atom stereocenters. The van der Waals surface area contributed by atoms with Crippen LogP contribution in [0.25, 0.3) is 0 Å². The summed E-state index contributed by atoms with van der Waals surface area (Å²) in [7, 11) is -3.02. The molecule has 1 N–H and O–H groups in total. The van der Waals surface area contributed by atoms with Crippen LogP contribution in [0.4, 0.5) is 10.5 Å². The van der Waals surface area contributed by atoms with Crippen LogP contribution in [0.15, 0.2) is 24.3 Å². The van der Waals surface area contributed by atoms with Gasteiger partial charge in [0.15, 0.2) is 0 Å². The van der Waals surface area contributed by atoms with Crippen molar-refractivity contribution in [2.45, 2.75) is 25.0 Å². The molecular formula is C15H22N2O4S. The Morgan fingerprint density at radius 2 is 1.86 bits per heavy atom. The van der Waals surface area contributed by atoms with Crippen molar-refractivity contribution < 1.29 is 17.9 Å². The Bertz CT molecular complexity index is 605. The zero-order valence-corrected chi connectivity index (χ0v) is 13.7. The Labute approximate surface area is 131 Å². The fraction of sp³-hybridized carbons (Fsp3) is 0.533. The van der Waals surface area contributed by atoms with Gasteiger partial charge in [-0.1, -0.05) is 0 Å². The predicted octanol–water partition coefficient (Wildman–Crippen LogP) is 2.13. The number of nitrogens with one attached hydrogen (secondary N) is 1. The number of ether oxygens (including phenoxy) is 1. The third-order valence-electron chi connectivity index (χ3n) is 3.75. The first-order valence-corrected chi connectivity index (χ1v) is 9.33. The Morgan fingerprint density at radius 1 is 1.27 bits per heavy atom. The third-order valence-corrected chi connectivity index (χ3v) is 5.43. The number of benzene rings is 1. The zero-order chi connectivity index (χ0) is 16.2. The van der Waals surface area contributed by atoms with Gasteiger partial charge in [0.25, 0.3) is 0 Å². The summed E-state index contributed by atoms with van der Waals surface area (Å²) in [6.07, 6.45) is 2.25. The molecule has 0 aliphatic carbocycles. The molecule has 7 heteroatoms. The second-order valence-electron chi connectivity index (χ2n) is 5.40. The quantitative estimate of drug-likeness (QED) is 0.919. The maximum atomic E-state index is 12.2. The summed E-state index contributed by atoms with van der Waals surface area (Å²) in [5.41, 5.74) is 0.693. The van der Waals surface area contributed by atoms with Crippen molar-refractivity contribution in [3.63, 3.8) is 0 Å². The highest BCUT2D eigenvalue weighted by molar-refractivity contribution is 7.91. The van der Waals surface area contributed by atoms with Crippen molar-refractivity contribution in [3.05, 3.63) is 24.3 Å². The number of nitrogens with zero attached hydrogens (tertiary/aromatic N) is 1. The molecule has 0 unspecified atom stereocenters. The number of carbonyl (C=O) groups excluding carboxylic acids is 1. The van der Waals surface area contributed by atoms with Crippen molar-refractivity contribution in [2.24, 2.45) is 0 Å². The lowest BCUT2D eigenvalue weighted by Gasteiger charge is -2.31. The van der Waals surface area contributed by atoms with E-state index in [1.807, 2.05) is 6.92 Å². The van der Waals surface area contributed by atoms with E-state index in [0.717, 1.165) is 5.75 Å². The standard InChI is InChI=1S/C15H22N2O4S/c1-3-21-13-6-4-12(5-7-13)16-15(18)17-10-8-14(9-11-17)22(2,19)20/h4-7,14H,3,8-11H2,1-2H3,(H,16,18). The number of likely N-dealkylation sites (tertiary alicyclic amines) is 1. The number of rotatable bonds is 4. The summed E-state index contributed by atoms with van der Waals surface area (Å²) in [6.45, 7) is 3.43. The number of sulfone groups is 1. The summed E-state index contributed by atoms with van der Waals surface area (Å²) >= 11 is 0. The molecule has 1 heterocycles. The van der Waals surface area contributed by atoms with Gasteiger partial charge in [-0.15, -0.1) is 0 Å². The topological polar surface area (TPSA) is 75.7 Å². The number of hydrogen-bond donors (Lipinski definition) is 1. The van der Waals surface area contributed by atoms with E-state index in [2.05, 4.69) is 5.32 Å². The van der Waals surface area contributed by atoms with Gasteiger partial charge in [0.1, 0.15) is 15.6 Å². The largest absolute Gasteiger partial charge is 0.494 e. The average molecular weight is 326 g/mol. The number of urea groups is 1. The molecule has 0 saturated carbocycles. The SMILES string of the molecule is CCOc1ccc(NC(=O)N2CCC(S(C)(=O)=O)CC2)cc1. The van der Waals surface area contributed by atoms with Crippen LogP contribution in [-0.2, 0) is 9.84 Å². The first kappa shape index (κ1) is 16.6. The van der Waals surface area contributed by atoms with Gasteiger partial charge in [0.2, 0.25) is 0 Å². The van der Waals surface area contributed by atoms with Crippen LogP contribution in [0.1, 0.15) is 19.8 Å².